The van der Waals surface area contributed by atoms with Crippen LogP contribution in [0.1, 0.15) is 20.3 Å². The van der Waals surface area contributed by atoms with Gasteiger partial charge in [0.15, 0.2) is 0 Å². The summed E-state index contributed by atoms with van der Waals surface area (Å²) in [5.41, 5.74) is -0.931. The van der Waals surface area contributed by atoms with Crippen molar-refractivity contribution < 1.29 is 13.5 Å². The summed E-state index contributed by atoms with van der Waals surface area (Å²) >= 11 is 0. The average molecular weight is 209 g/mol. The largest absolute Gasteiger partial charge is 0.389 e. The lowest BCUT2D eigenvalue weighted by molar-refractivity contribution is 0.0572. The zero-order valence-electron chi connectivity index (χ0n) is 8.50. The number of hydrogen-bond donors (Lipinski definition) is 2. The van der Waals surface area contributed by atoms with Crippen molar-refractivity contribution in [3.05, 3.63) is 0 Å². The highest BCUT2D eigenvalue weighted by molar-refractivity contribution is 7.90. The van der Waals surface area contributed by atoms with Crippen LogP contribution in [0, 0.1) is 0 Å². The summed E-state index contributed by atoms with van der Waals surface area (Å²) in [7, 11) is -2.97. The van der Waals surface area contributed by atoms with E-state index in [1.54, 1.807) is 6.92 Å². The van der Waals surface area contributed by atoms with Gasteiger partial charge in [-0.1, -0.05) is 6.92 Å². The second kappa shape index (κ2) is 4.93. The Hall–Kier alpha value is -0.130. The molecule has 0 aromatic carbocycles. The first-order valence-electron chi connectivity index (χ1n) is 4.38. The molecule has 2 N–H and O–H groups in total. The smallest absolute Gasteiger partial charge is 0.147 e. The van der Waals surface area contributed by atoms with E-state index in [0.717, 1.165) is 6.54 Å². The molecule has 0 aromatic rings. The third-order valence-electron chi connectivity index (χ3n) is 1.77. The van der Waals surface area contributed by atoms with Gasteiger partial charge in [-0.2, -0.15) is 0 Å². The Bertz CT molecular complexity index is 234. The van der Waals surface area contributed by atoms with E-state index in [2.05, 4.69) is 5.32 Å². The Labute approximate surface area is 80.3 Å². The summed E-state index contributed by atoms with van der Waals surface area (Å²) in [6.45, 7) is 4.78. The van der Waals surface area contributed by atoms with Crippen molar-refractivity contribution in [3.63, 3.8) is 0 Å². The van der Waals surface area contributed by atoms with Crippen molar-refractivity contribution in [1.29, 1.82) is 0 Å². The zero-order valence-corrected chi connectivity index (χ0v) is 9.32. The summed E-state index contributed by atoms with van der Waals surface area (Å²) in [5, 5.41) is 12.7. The van der Waals surface area contributed by atoms with E-state index < -0.39 is 15.4 Å². The summed E-state index contributed by atoms with van der Waals surface area (Å²) in [6.07, 6.45) is 1.45. The van der Waals surface area contributed by atoms with Crippen LogP contribution in [-0.4, -0.2) is 44.2 Å². The van der Waals surface area contributed by atoms with Crippen LogP contribution in [0.4, 0.5) is 0 Å². The van der Waals surface area contributed by atoms with Crippen LogP contribution in [-0.2, 0) is 9.84 Å². The highest BCUT2D eigenvalue weighted by Gasteiger charge is 2.21. The average Bonchev–Trinajstić information content (AvgIpc) is 1.97. The Morgan fingerprint density at radius 2 is 2.00 bits per heavy atom. The Kier molecular flexibility index (Phi) is 4.88. The summed E-state index contributed by atoms with van der Waals surface area (Å²) in [5.74, 6) is 0.0331. The molecule has 0 aromatic heterocycles. The molecule has 0 rings (SSSR count). The van der Waals surface area contributed by atoms with E-state index in [1.165, 1.54) is 6.26 Å². The van der Waals surface area contributed by atoms with Gasteiger partial charge in [-0.05, 0) is 19.9 Å². The molecule has 5 heteroatoms. The summed E-state index contributed by atoms with van der Waals surface area (Å²) in [4.78, 5) is 0. The molecule has 80 valence electrons. The molecule has 4 nitrogen and oxygen atoms in total. The third-order valence-corrected chi connectivity index (χ3v) is 2.71. The van der Waals surface area contributed by atoms with Crippen molar-refractivity contribution in [2.24, 2.45) is 0 Å². The van der Waals surface area contributed by atoms with E-state index in [9.17, 15) is 13.5 Å². The molecular formula is C8H19NO3S. The van der Waals surface area contributed by atoms with Crippen LogP contribution in [0.15, 0.2) is 0 Å². The van der Waals surface area contributed by atoms with Crippen molar-refractivity contribution >= 4 is 9.84 Å². The standard InChI is InChI=1S/C8H19NO3S/c1-4-9-7-8(2,10)5-6-13(3,11)12/h9-10H,4-7H2,1-3H3. The van der Waals surface area contributed by atoms with Crippen molar-refractivity contribution in [2.75, 3.05) is 25.1 Å². The van der Waals surface area contributed by atoms with Crippen LogP contribution >= 0.6 is 0 Å². The molecule has 0 heterocycles. The summed E-state index contributed by atoms with van der Waals surface area (Å²) in [6, 6.07) is 0. The molecule has 0 amide bonds. The molecule has 13 heavy (non-hydrogen) atoms. The molecule has 0 aliphatic rings. The van der Waals surface area contributed by atoms with Gasteiger partial charge in [0, 0.05) is 12.8 Å². The van der Waals surface area contributed by atoms with Crippen molar-refractivity contribution in [1.82, 2.24) is 5.32 Å². The number of nitrogens with one attached hydrogen (secondary N) is 1. The number of aliphatic hydroxyl groups is 1. The molecule has 0 saturated carbocycles. The fourth-order valence-electron chi connectivity index (χ4n) is 0.888. The van der Waals surface area contributed by atoms with Gasteiger partial charge in [0.1, 0.15) is 9.84 Å². The second-order valence-corrected chi connectivity index (χ2v) is 5.92. The predicted molar refractivity (Wildman–Crippen MR) is 53.5 cm³/mol. The van der Waals surface area contributed by atoms with Gasteiger partial charge in [-0.25, -0.2) is 8.42 Å². The molecule has 0 spiro atoms. The molecule has 0 aliphatic heterocycles. The first-order valence-corrected chi connectivity index (χ1v) is 6.44. The van der Waals surface area contributed by atoms with Crippen molar-refractivity contribution in [3.8, 4) is 0 Å². The first-order chi connectivity index (χ1) is 5.77. The normalized spacial score (nSPS) is 16.9. The number of hydrogen-bond acceptors (Lipinski definition) is 4. The monoisotopic (exact) mass is 209 g/mol. The van der Waals surface area contributed by atoms with E-state index >= 15 is 0 Å². The molecule has 1 unspecified atom stereocenters. The van der Waals surface area contributed by atoms with Crippen LogP contribution in [0.2, 0.25) is 0 Å². The van der Waals surface area contributed by atoms with Gasteiger partial charge in [0.2, 0.25) is 0 Å². The topological polar surface area (TPSA) is 66.4 Å². The number of sulfone groups is 1. The highest BCUT2D eigenvalue weighted by Crippen LogP contribution is 2.08. The minimum Gasteiger partial charge on any atom is -0.389 e. The van der Waals surface area contributed by atoms with Gasteiger partial charge in [-0.3, -0.25) is 0 Å². The quantitative estimate of drug-likeness (QED) is 0.635. The van der Waals surface area contributed by atoms with E-state index in [-0.39, 0.29) is 12.2 Å². The van der Waals surface area contributed by atoms with Gasteiger partial charge in [0.05, 0.1) is 11.4 Å². The van der Waals surface area contributed by atoms with Gasteiger partial charge in [0.25, 0.3) is 0 Å². The SMILES string of the molecule is CCNCC(C)(O)CCS(C)(=O)=O. The van der Waals surface area contributed by atoms with Gasteiger partial charge < -0.3 is 10.4 Å². The number of rotatable bonds is 6. The minimum atomic E-state index is -2.97. The molecule has 0 aliphatic carbocycles. The second-order valence-electron chi connectivity index (χ2n) is 3.66. The minimum absolute atomic E-state index is 0.0331. The molecule has 0 bridgehead atoms. The van der Waals surface area contributed by atoms with Crippen LogP contribution in [0.5, 0.6) is 0 Å². The van der Waals surface area contributed by atoms with E-state index in [1.807, 2.05) is 6.92 Å². The lowest BCUT2D eigenvalue weighted by Crippen LogP contribution is -2.39. The Balaban J connectivity index is 3.89. The Morgan fingerprint density at radius 3 is 2.38 bits per heavy atom. The maximum Gasteiger partial charge on any atom is 0.147 e. The van der Waals surface area contributed by atoms with Crippen LogP contribution in [0.3, 0.4) is 0 Å². The lowest BCUT2D eigenvalue weighted by Gasteiger charge is -2.22. The van der Waals surface area contributed by atoms with Crippen molar-refractivity contribution in [2.45, 2.75) is 25.9 Å². The molecular weight excluding hydrogens is 190 g/mol. The molecule has 0 fully saturated rings. The predicted octanol–water partition coefficient (Wildman–Crippen LogP) is -0.218. The van der Waals surface area contributed by atoms with E-state index in [4.69, 9.17) is 0 Å². The molecule has 0 radical (unpaired) electrons. The van der Waals surface area contributed by atoms with Crippen LogP contribution in [0.25, 0.3) is 0 Å². The third kappa shape index (κ3) is 8.21. The highest BCUT2D eigenvalue weighted by atomic mass is 32.2. The zero-order chi connectivity index (χ0) is 10.5. The summed E-state index contributed by atoms with van der Waals surface area (Å²) < 4.78 is 21.6. The number of likely N-dealkylation sites (N-methyl/N-ethyl adjacent to an activating group) is 1. The van der Waals surface area contributed by atoms with Gasteiger partial charge >= 0.3 is 0 Å². The fourth-order valence-corrected chi connectivity index (χ4v) is 1.70. The van der Waals surface area contributed by atoms with Crippen LogP contribution < -0.4 is 5.32 Å². The van der Waals surface area contributed by atoms with E-state index in [0.29, 0.717) is 6.54 Å². The molecule has 1 atom stereocenters. The lowest BCUT2D eigenvalue weighted by atomic mass is 10.0. The maximum absolute atomic E-state index is 10.8. The first kappa shape index (κ1) is 12.9. The van der Waals surface area contributed by atoms with Gasteiger partial charge in [-0.15, -0.1) is 0 Å². The maximum atomic E-state index is 10.8. The molecule has 0 saturated heterocycles. The fraction of sp³-hybridized carbons (Fsp3) is 1.00. The Morgan fingerprint density at radius 1 is 1.46 bits per heavy atom.